The maximum atomic E-state index is 14.3. The van der Waals surface area contributed by atoms with E-state index in [4.69, 9.17) is 0 Å². The number of benzene rings is 1. The van der Waals surface area contributed by atoms with Crippen molar-refractivity contribution in [3.8, 4) is 0 Å². The van der Waals surface area contributed by atoms with Crippen LogP contribution < -0.4 is 5.32 Å². The van der Waals surface area contributed by atoms with Crippen molar-refractivity contribution in [1.82, 2.24) is 15.2 Å². The quantitative estimate of drug-likeness (QED) is 0.925. The Morgan fingerprint density at radius 3 is 3.00 bits per heavy atom. The van der Waals surface area contributed by atoms with E-state index in [1.165, 1.54) is 0 Å². The molecule has 4 nitrogen and oxygen atoms in total. The van der Waals surface area contributed by atoms with E-state index < -0.39 is 5.82 Å². The molecular formula is C17H18FN3O. The molecule has 1 atom stereocenters. The van der Waals surface area contributed by atoms with Crippen molar-refractivity contribution in [3.63, 3.8) is 0 Å². The number of halogens is 1. The molecule has 1 unspecified atom stereocenters. The molecule has 1 fully saturated rings. The number of aryl methyl sites for hydroxylation is 1. The van der Waals surface area contributed by atoms with Gasteiger partial charge in [-0.15, -0.1) is 0 Å². The number of rotatable bonds is 2. The smallest absolute Gasteiger partial charge is 0.257 e. The fraction of sp³-hybridized carbons (Fsp3) is 0.294. The van der Waals surface area contributed by atoms with Crippen LogP contribution in [-0.2, 0) is 0 Å². The summed E-state index contributed by atoms with van der Waals surface area (Å²) in [6.45, 7) is 3.56. The lowest BCUT2D eigenvalue weighted by Crippen LogP contribution is -2.48. The molecule has 5 heteroatoms. The van der Waals surface area contributed by atoms with Gasteiger partial charge in [-0.3, -0.25) is 9.78 Å². The van der Waals surface area contributed by atoms with E-state index >= 15 is 0 Å². The van der Waals surface area contributed by atoms with Crippen molar-refractivity contribution in [2.75, 3.05) is 19.6 Å². The third kappa shape index (κ3) is 2.72. The SMILES string of the molecule is Cc1cccc(C(=O)N2CCNCC2c2cccnc2)c1F. The monoisotopic (exact) mass is 299 g/mol. The van der Waals surface area contributed by atoms with Gasteiger partial charge in [0.15, 0.2) is 0 Å². The van der Waals surface area contributed by atoms with Crippen LogP contribution in [0.1, 0.15) is 27.5 Å². The predicted octanol–water partition coefficient (Wildman–Crippen LogP) is 2.32. The molecule has 0 bridgehead atoms. The number of amides is 1. The maximum absolute atomic E-state index is 14.3. The van der Waals surface area contributed by atoms with Crippen LogP contribution in [-0.4, -0.2) is 35.4 Å². The third-order valence-corrected chi connectivity index (χ3v) is 4.00. The molecule has 114 valence electrons. The Labute approximate surface area is 129 Å². The van der Waals surface area contributed by atoms with Gasteiger partial charge in [0.2, 0.25) is 0 Å². The standard InChI is InChI=1S/C17H18FN3O/c1-12-4-2-6-14(16(12)18)17(22)21-9-8-20-11-15(21)13-5-3-7-19-10-13/h2-7,10,15,20H,8-9,11H2,1H3. The first-order valence-electron chi connectivity index (χ1n) is 7.35. The molecule has 1 aromatic heterocycles. The summed E-state index contributed by atoms with van der Waals surface area (Å²) in [5, 5.41) is 3.28. The zero-order chi connectivity index (χ0) is 15.5. The van der Waals surface area contributed by atoms with Crippen LogP contribution >= 0.6 is 0 Å². The number of pyridine rings is 1. The summed E-state index contributed by atoms with van der Waals surface area (Å²) in [5.74, 6) is -0.701. The van der Waals surface area contributed by atoms with Gasteiger partial charge in [0.25, 0.3) is 5.91 Å². The van der Waals surface area contributed by atoms with E-state index in [0.717, 1.165) is 5.56 Å². The summed E-state index contributed by atoms with van der Waals surface area (Å²) in [6, 6.07) is 8.59. The number of hydrogen-bond acceptors (Lipinski definition) is 3. The fourth-order valence-electron chi connectivity index (χ4n) is 2.79. The fourth-order valence-corrected chi connectivity index (χ4v) is 2.79. The number of hydrogen-bond donors (Lipinski definition) is 1. The van der Waals surface area contributed by atoms with Crippen molar-refractivity contribution < 1.29 is 9.18 Å². The Hall–Kier alpha value is -2.27. The highest BCUT2D eigenvalue weighted by molar-refractivity contribution is 5.95. The van der Waals surface area contributed by atoms with E-state index in [9.17, 15) is 9.18 Å². The summed E-state index contributed by atoms with van der Waals surface area (Å²) in [4.78, 5) is 18.6. The number of carbonyl (C=O) groups is 1. The lowest BCUT2D eigenvalue weighted by molar-refractivity contribution is 0.0629. The Kier molecular flexibility index (Phi) is 4.15. The second kappa shape index (κ2) is 6.23. The molecule has 0 aliphatic carbocycles. The molecule has 1 aliphatic rings. The van der Waals surface area contributed by atoms with Crippen molar-refractivity contribution >= 4 is 5.91 Å². The predicted molar refractivity (Wildman–Crippen MR) is 82.0 cm³/mol. The Balaban J connectivity index is 1.94. The summed E-state index contributed by atoms with van der Waals surface area (Å²) in [5.41, 5.74) is 1.57. The molecule has 1 aliphatic heterocycles. The van der Waals surface area contributed by atoms with Crippen LogP contribution in [0.3, 0.4) is 0 Å². The molecule has 0 radical (unpaired) electrons. The van der Waals surface area contributed by atoms with Gasteiger partial charge in [0.1, 0.15) is 5.82 Å². The molecule has 1 amide bonds. The van der Waals surface area contributed by atoms with Gasteiger partial charge in [-0.1, -0.05) is 18.2 Å². The topological polar surface area (TPSA) is 45.2 Å². The highest BCUT2D eigenvalue weighted by atomic mass is 19.1. The lowest BCUT2D eigenvalue weighted by atomic mass is 10.0. The third-order valence-electron chi connectivity index (χ3n) is 4.00. The van der Waals surface area contributed by atoms with Gasteiger partial charge in [-0.05, 0) is 30.2 Å². The minimum atomic E-state index is -0.434. The Morgan fingerprint density at radius 1 is 1.36 bits per heavy atom. The normalized spacial score (nSPS) is 18.3. The number of nitrogens with zero attached hydrogens (tertiary/aromatic N) is 2. The van der Waals surface area contributed by atoms with E-state index in [2.05, 4.69) is 10.3 Å². The second-order valence-corrected chi connectivity index (χ2v) is 5.44. The van der Waals surface area contributed by atoms with Crippen molar-refractivity contribution in [2.24, 2.45) is 0 Å². The van der Waals surface area contributed by atoms with Gasteiger partial charge in [0.05, 0.1) is 11.6 Å². The first-order valence-corrected chi connectivity index (χ1v) is 7.35. The van der Waals surface area contributed by atoms with Gasteiger partial charge >= 0.3 is 0 Å². The van der Waals surface area contributed by atoms with Gasteiger partial charge in [-0.2, -0.15) is 0 Å². The summed E-state index contributed by atoms with van der Waals surface area (Å²) >= 11 is 0. The first-order chi connectivity index (χ1) is 10.7. The highest BCUT2D eigenvalue weighted by Gasteiger charge is 2.30. The summed E-state index contributed by atoms with van der Waals surface area (Å²) in [7, 11) is 0. The van der Waals surface area contributed by atoms with E-state index in [1.807, 2.05) is 12.1 Å². The van der Waals surface area contributed by atoms with Crippen molar-refractivity contribution in [2.45, 2.75) is 13.0 Å². The molecule has 0 saturated carbocycles. The second-order valence-electron chi connectivity index (χ2n) is 5.44. The zero-order valence-electron chi connectivity index (χ0n) is 12.4. The van der Waals surface area contributed by atoms with E-state index in [0.29, 0.717) is 25.2 Å². The van der Waals surface area contributed by atoms with Crippen molar-refractivity contribution in [3.05, 3.63) is 65.2 Å². The van der Waals surface area contributed by atoms with Crippen molar-refractivity contribution in [1.29, 1.82) is 0 Å². The summed E-state index contributed by atoms with van der Waals surface area (Å²) in [6.07, 6.45) is 3.46. The summed E-state index contributed by atoms with van der Waals surface area (Å²) < 4.78 is 14.3. The van der Waals surface area contributed by atoms with Crippen LogP contribution in [0.2, 0.25) is 0 Å². The van der Waals surface area contributed by atoms with Crippen LogP contribution in [0.5, 0.6) is 0 Å². The number of aromatic nitrogens is 1. The molecule has 1 aromatic carbocycles. The number of piperazine rings is 1. The minimum absolute atomic E-state index is 0.130. The first kappa shape index (κ1) is 14.7. The Morgan fingerprint density at radius 2 is 2.23 bits per heavy atom. The Bertz CT molecular complexity index is 675. The minimum Gasteiger partial charge on any atom is -0.329 e. The largest absolute Gasteiger partial charge is 0.329 e. The number of carbonyl (C=O) groups excluding carboxylic acids is 1. The molecule has 3 rings (SSSR count). The molecule has 1 N–H and O–H groups in total. The highest BCUT2D eigenvalue weighted by Crippen LogP contribution is 2.25. The van der Waals surface area contributed by atoms with Crippen LogP contribution in [0.4, 0.5) is 4.39 Å². The molecule has 1 saturated heterocycles. The molecule has 22 heavy (non-hydrogen) atoms. The van der Waals surface area contributed by atoms with Gasteiger partial charge < -0.3 is 10.2 Å². The molecule has 2 heterocycles. The average molecular weight is 299 g/mol. The maximum Gasteiger partial charge on any atom is 0.257 e. The molecular weight excluding hydrogens is 281 g/mol. The molecule has 0 spiro atoms. The lowest BCUT2D eigenvalue weighted by Gasteiger charge is -2.36. The van der Waals surface area contributed by atoms with Gasteiger partial charge in [-0.25, -0.2) is 4.39 Å². The van der Waals surface area contributed by atoms with Crippen LogP contribution in [0, 0.1) is 12.7 Å². The van der Waals surface area contributed by atoms with Crippen LogP contribution in [0.15, 0.2) is 42.7 Å². The van der Waals surface area contributed by atoms with Crippen LogP contribution in [0.25, 0.3) is 0 Å². The molecule has 2 aromatic rings. The number of nitrogens with one attached hydrogen (secondary N) is 1. The van der Waals surface area contributed by atoms with E-state index in [-0.39, 0.29) is 17.5 Å². The van der Waals surface area contributed by atoms with E-state index in [1.54, 1.807) is 42.4 Å². The zero-order valence-corrected chi connectivity index (χ0v) is 12.4. The van der Waals surface area contributed by atoms with Gasteiger partial charge in [0, 0.05) is 32.0 Å². The average Bonchev–Trinajstić information content (AvgIpc) is 2.57.